The molecule has 0 aliphatic heterocycles. The molecule has 0 saturated heterocycles. The minimum atomic E-state index is -0.143. The highest BCUT2D eigenvalue weighted by Crippen LogP contribution is 2.30. The van der Waals surface area contributed by atoms with Crippen LogP contribution in [0.15, 0.2) is 36.4 Å². The minimum Gasteiger partial charge on any atom is -0.342 e. The summed E-state index contributed by atoms with van der Waals surface area (Å²) in [6, 6.07) is 11.7. The topological polar surface area (TPSA) is 58.4 Å². The van der Waals surface area contributed by atoms with Gasteiger partial charge in [-0.2, -0.15) is 5.10 Å². The highest BCUT2D eigenvalue weighted by molar-refractivity contribution is 7.20. The van der Waals surface area contributed by atoms with Crippen LogP contribution < -0.4 is 0 Å². The summed E-state index contributed by atoms with van der Waals surface area (Å²) >= 11 is 1.41. The molecule has 3 aromatic rings. The Morgan fingerprint density at radius 1 is 1.15 bits per heavy atom. The number of benzene rings is 1. The standard InChI is InChI=1S/C20H24N4O2S/c1-5-23(6-2)18(25)13-22(4)19(26)17-12-16-14(3)21-24(20(16)27-17)15-10-8-7-9-11-15/h7-12H,5-6,13H2,1-4H3. The molecule has 27 heavy (non-hydrogen) atoms. The summed E-state index contributed by atoms with van der Waals surface area (Å²) in [4.78, 5) is 29.9. The van der Waals surface area contributed by atoms with Gasteiger partial charge < -0.3 is 9.80 Å². The highest BCUT2D eigenvalue weighted by Gasteiger charge is 2.22. The van der Waals surface area contributed by atoms with Gasteiger partial charge in [0, 0.05) is 25.5 Å². The van der Waals surface area contributed by atoms with Crippen LogP contribution in [0.25, 0.3) is 15.9 Å². The molecule has 3 rings (SSSR count). The molecule has 0 aliphatic carbocycles. The van der Waals surface area contributed by atoms with Crippen LogP contribution in [0, 0.1) is 6.92 Å². The van der Waals surface area contributed by atoms with E-state index in [4.69, 9.17) is 0 Å². The molecule has 0 unspecified atom stereocenters. The lowest BCUT2D eigenvalue weighted by Crippen LogP contribution is -2.40. The molecule has 7 heteroatoms. The lowest BCUT2D eigenvalue weighted by molar-refractivity contribution is -0.131. The molecule has 0 spiro atoms. The number of fused-ring (bicyclic) bond motifs is 1. The van der Waals surface area contributed by atoms with E-state index in [1.165, 1.54) is 16.2 Å². The van der Waals surface area contributed by atoms with E-state index in [1.807, 2.05) is 61.9 Å². The van der Waals surface area contributed by atoms with Gasteiger partial charge >= 0.3 is 0 Å². The Labute approximate surface area is 163 Å². The van der Waals surface area contributed by atoms with Crippen LogP contribution in [0.3, 0.4) is 0 Å². The first-order valence-electron chi connectivity index (χ1n) is 9.04. The maximum atomic E-state index is 12.8. The summed E-state index contributed by atoms with van der Waals surface area (Å²) in [7, 11) is 1.67. The Balaban J connectivity index is 1.87. The molecule has 0 N–H and O–H groups in total. The molecule has 0 atom stereocenters. The average Bonchev–Trinajstić information content (AvgIpc) is 3.23. The molecular weight excluding hydrogens is 360 g/mol. The maximum absolute atomic E-state index is 12.8. The Hall–Kier alpha value is -2.67. The maximum Gasteiger partial charge on any atom is 0.264 e. The molecule has 2 heterocycles. The van der Waals surface area contributed by atoms with Gasteiger partial charge in [-0.05, 0) is 39.0 Å². The first-order chi connectivity index (χ1) is 13.0. The first kappa shape index (κ1) is 19.1. The van der Waals surface area contributed by atoms with Crippen molar-refractivity contribution < 1.29 is 9.59 Å². The number of hydrogen-bond donors (Lipinski definition) is 0. The molecule has 2 aromatic heterocycles. The zero-order chi connectivity index (χ0) is 19.6. The largest absolute Gasteiger partial charge is 0.342 e. The third-order valence-electron chi connectivity index (χ3n) is 4.59. The predicted octanol–water partition coefficient (Wildman–Crippen LogP) is 3.34. The quantitative estimate of drug-likeness (QED) is 0.655. The second kappa shape index (κ2) is 7.92. The van der Waals surface area contributed by atoms with Crippen LogP contribution in [0.1, 0.15) is 29.2 Å². The van der Waals surface area contributed by atoms with Crippen molar-refractivity contribution in [2.24, 2.45) is 0 Å². The van der Waals surface area contributed by atoms with E-state index in [1.54, 1.807) is 11.9 Å². The third kappa shape index (κ3) is 3.73. The molecule has 2 amide bonds. The molecule has 0 aliphatic rings. The predicted molar refractivity (Wildman–Crippen MR) is 109 cm³/mol. The summed E-state index contributed by atoms with van der Waals surface area (Å²) in [5.74, 6) is -0.181. The van der Waals surface area contributed by atoms with Crippen LogP contribution in [0.4, 0.5) is 0 Å². The van der Waals surface area contributed by atoms with Gasteiger partial charge in [0.2, 0.25) is 5.91 Å². The lowest BCUT2D eigenvalue weighted by Gasteiger charge is -2.22. The summed E-state index contributed by atoms with van der Waals surface area (Å²) in [5, 5.41) is 5.57. The van der Waals surface area contributed by atoms with Crippen LogP contribution in [0.2, 0.25) is 0 Å². The number of carbonyl (C=O) groups is 2. The van der Waals surface area contributed by atoms with E-state index in [0.717, 1.165) is 21.6 Å². The Kier molecular flexibility index (Phi) is 5.60. The van der Waals surface area contributed by atoms with Crippen LogP contribution in [-0.4, -0.2) is 58.1 Å². The van der Waals surface area contributed by atoms with Crippen molar-refractivity contribution in [3.05, 3.63) is 47.0 Å². The number of rotatable bonds is 6. The lowest BCUT2D eigenvalue weighted by atomic mass is 10.3. The summed E-state index contributed by atoms with van der Waals surface area (Å²) < 4.78 is 1.87. The number of nitrogens with zero attached hydrogens (tertiary/aromatic N) is 4. The van der Waals surface area contributed by atoms with Crippen LogP contribution in [-0.2, 0) is 4.79 Å². The monoisotopic (exact) mass is 384 g/mol. The molecule has 1 aromatic carbocycles. The Morgan fingerprint density at radius 2 is 1.81 bits per heavy atom. The fraction of sp³-hybridized carbons (Fsp3) is 0.350. The minimum absolute atomic E-state index is 0.0383. The number of aryl methyl sites for hydroxylation is 1. The van der Waals surface area contributed by atoms with E-state index >= 15 is 0 Å². The van der Waals surface area contributed by atoms with Gasteiger partial charge in [0.25, 0.3) is 5.91 Å². The van der Waals surface area contributed by atoms with Gasteiger partial charge in [0.1, 0.15) is 4.83 Å². The van der Waals surface area contributed by atoms with Crippen molar-refractivity contribution in [2.45, 2.75) is 20.8 Å². The smallest absolute Gasteiger partial charge is 0.264 e. The zero-order valence-corrected chi connectivity index (χ0v) is 16.9. The van der Waals surface area contributed by atoms with Crippen LogP contribution in [0.5, 0.6) is 0 Å². The number of likely N-dealkylation sites (N-methyl/N-ethyl adjacent to an activating group) is 2. The van der Waals surface area contributed by atoms with Crippen molar-refractivity contribution in [1.29, 1.82) is 0 Å². The van der Waals surface area contributed by atoms with E-state index in [2.05, 4.69) is 5.10 Å². The number of thiophene rings is 1. The number of amides is 2. The number of aromatic nitrogens is 2. The molecule has 0 fully saturated rings. The summed E-state index contributed by atoms with van der Waals surface area (Å²) in [6.45, 7) is 7.19. The molecule has 0 bridgehead atoms. The van der Waals surface area contributed by atoms with Crippen molar-refractivity contribution in [3.8, 4) is 5.69 Å². The fourth-order valence-corrected chi connectivity index (χ4v) is 4.21. The fourth-order valence-electron chi connectivity index (χ4n) is 3.04. The van der Waals surface area contributed by atoms with E-state index in [-0.39, 0.29) is 18.4 Å². The van der Waals surface area contributed by atoms with Crippen LogP contribution >= 0.6 is 11.3 Å². The average molecular weight is 385 g/mol. The Morgan fingerprint density at radius 3 is 2.44 bits per heavy atom. The van der Waals surface area contributed by atoms with E-state index < -0.39 is 0 Å². The molecule has 0 saturated carbocycles. The van der Waals surface area contributed by atoms with Gasteiger partial charge in [-0.25, -0.2) is 4.68 Å². The molecular formula is C20H24N4O2S. The second-order valence-electron chi connectivity index (χ2n) is 6.39. The van der Waals surface area contributed by atoms with E-state index in [0.29, 0.717) is 18.0 Å². The molecule has 6 nitrogen and oxygen atoms in total. The van der Waals surface area contributed by atoms with E-state index in [9.17, 15) is 9.59 Å². The van der Waals surface area contributed by atoms with Crippen molar-refractivity contribution >= 4 is 33.4 Å². The van der Waals surface area contributed by atoms with Gasteiger partial charge in [-0.3, -0.25) is 9.59 Å². The van der Waals surface area contributed by atoms with Gasteiger partial charge in [-0.15, -0.1) is 11.3 Å². The first-order valence-corrected chi connectivity index (χ1v) is 9.85. The number of carbonyl (C=O) groups excluding carboxylic acids is 2. The van der Waals surface area contributed by atoms with Crippen molar-refractivity contribution in [1.82, 2.24) is 19.6 Å². The van der Waals surface area contributed by atoms with Crippen molar-refractivity contribution in [2.75, 3.05) is 26.7 Å². The SMILES string of the molecule is CCN(CC)C(=O)CN(C)C(=O)c1cc2c(C)nn(-c3ccccc3)c2s1. The van der Waals surface area contributed by atoms with Gasteiger partial charge in [-0.1, -0.05) is 18.2 Å². The number of hydrogen-bond acceptors (Lipinski definition) is 4. The molecule has 142 valence electrons. The summed E-state index contributed by atoms with van der Waals surface area (Å²) in [6.07, 6.45) is 0. The van der Waals surface area contributed by atoms with Gasteiger partial charge in [0.15, 0.2) is 0 Å². The second-order valence-corrected chi connectivity index (χ2v) is 7.42. The highest BCUT2D eigenvalue weighted by atomic mass is 32.1. The molecule has 0 radical (unpaired) electrons. The van der Waals surface area contributed by atoms with Gasteiger partial charge in [0.05, 0.1) is 22.8 Å². The Bertz CT molecular complexity index is 957. The normalized spacial score (nSPS) is 11.0. The van der Waals surface area contributed by atoms with Crippen molar-refractivity contribution in [3.63, 3.8) is 0 Å². The zero-order valence-electron chi connectivity index (χ0n) is 16.1. The summed E-state index contributed by atoms with van der Waals surface area (Å²) in [5.41, 5.74) is 1.84. The third-order valence-corrected chi connectivity index (χ3v) is 5.69. The number of para-hydroxylation sites is 1.